The van der Waals surface area contributed by atoms with Gasteiger partial charge in [0.1, 0.15) is 5.75 Å². The molecule has 1 heterocycles. The Bertz CT molecular complexity index is 605. The Morgan fingerprint density at radius 3 is 2.65 bits per heavy atom. The maximum absolute atomic E-state index is 11.9. The van der Waals surface area contributed by atoms with Gasteiger partial charge >= 0.3 is 0 Å². The van der Waals surface area contributed by atoms with Crippen LogP contribution in [0.2, 0.25) is 0 Å². The minimum Gasteiger partial charge on any atom is -0.494 e. The number of nitrogens with two attached hydrogens (primary N) is 1. The molecule has 0 amide bonds. The van der Waals surface area contributed by atoms with Crippen LogP contribution in [0.1, 0.15) is 6.42 Å². The summed E-state index contributed by atoms with van der Waals surface area (Å²) >= 11 is 0. The van der Waals surface area contributed by atoms with E-state index in [2.05, 4.69) is 0 Å². The molecule has 0 spiro atoms. The van der Waals surface area contributed by atoms with E-state index in [1.165, 1.54) is 7.11 Å². The normalized spacial score (nSPS) is 10.2. The minimum atomic E-state index is -0.123. The average Bonchev–Trinajstić information content (AvgIpc) is 2.47. The van der Waals surface area contributed by atoms with Gasteiger partial charge in [-0.1, -0.05) is 0 Å². The summed E-state index contributed by atoms with van der Waals surface area (Å²) < 4.78 is 12.2. The quantitative estimate of drug-likeness (QED) is 0.645. The number of methoxy groups -OCH3 is 1. The second-order valence-electron chi connectivity index (χ2n) is 4.35. The number of ether oxygens (including phenoxy) is 2. The van der Waals surface area contributed by atoms with Gasteiger partial charge in [0.25, 0.3) is 5.56 Å². The molecule has 1 aromatic heterocycles. The fourth-order valence-electron chi connectivity index (χ4n) is 1.84. The molecule has 0 atom stereocenters. The number of nitrogens with zero attached hydrogens (tertiary/aromatic N) is 1. The highest BCUT2D eigenvalue weighted by Gasteiger charge is 2.02. The van der Waals surface area contributed by atoms with Crippen LogP contribution in [0.15, 0.2) is 47.4 Å². The molecule has 0 fully saturated rings. The maximum atomic E-state index is 11.9. The summed E-state index contributed by atoms with van der Waals surface area (Å²) in [5.41, 5.74) is 6.18. The third-order valence-electron chi connectivity index (χ3n) is 2.90. The summed E-state index contributed by atoms with van der Waals surface area (Å²) in [5.74, 6) is 1.13. The number of nitrogen functional groups attached to an aromatic ring is 1. The first-order chi connectivity index (χ1) is 9.70. The van der Waals surface area contributed by atoms with Crippen LogP contribution in [0, 0.1) is 0 Å². The molecule has 0 saturated heterocycles. The van der Waals surface area contributed by atoms with Crippen LogP contribution >= 0.6 is 0 Å². The van der Waals surface area contributed by atoms with Crippen LogP contribution in [-0.2, 0) is 6.54 Å². The van der Waals surface area contributed by atoms with Gasteiger partial charge in [-0.25, -0.2) is 0 Å². The Kier molecular flexibility index (Phi) is 4.65. The van der Waals surface area contributed by atoms with Crippen LogP contribution in [0.5, 0.6) is 11.5 Å². The topological polar surface area (TPSA) is 66.5 Å². The lowest BCUT2D eigenvalue weighted by Crippen LogP contribution is -2.21. The van der Waals surface area contributed by atoms with Crippen molar-refractivity contribution in [2.24, 2.45) is 0 Å². The summed E-state index contributed by atoms with van der Waals surface area (Å²) in [6.45, 7) is 1.12. The smallest absolute Gasteiger partial charge is 0.292 e. The Balaban J connectivity index is 1.84. The molecule has 20 heavy (non-hydrogen) atoms. The minimum absolute atomic E-state index is 0.123. The van der Waals surface area contributed by atoms with Gasteiger partial charge in [0.15, 0.2) is 5.75 Å². The van der Waals surface area contributed by atoms with Crippen LogP contribution in [0.4, 0.5) is 5.69 Å². The van der Waals surface area contributed by atoms with Crippen molar-refractivity contribution in [2.45, 2.75) is 13.0 Å². The SMILES string of the molecule is COc1cccn(CCCOc2ccc(N)cc2)c1=O. The molecule has 0 unspecified atom stereocenters. The lowest BCUT2D eigenvalue weighted by atomic mass is 10.3. The highest BCUT2D eigenvalue weighted by molar-refractivity contribution is 5.41. The van der Waals surface area contributed by atoms with Gasteiger partial charge in [-0.2, -0.15) is 0 Å². The molecule has 0 radical (unpaired) electrons. The van der Waals surface area contributed by atoms with Gasteiger partial charge in [-0.15, -0.1) is 0 Å². The summed E-state index contributed by atoms with van der Waals surface area (Å²) in [6, 6.07) is 10.7. The highest BCUT2D eigenvalue weighted by atomic mass is 16.5. The van der Waals surface area contributed by atoms with Gasteiger partial charge < -0.3 is 19.8 Å². The third kappa shape index (κ3) is 3.54. The van der Waals surface area contributed by atoms with Crippen LogP contribution < -0.4 is 20.8 Å². The number of aryl methyl sites for hydroxylation is 1. The standard InChI is InChI=1S/C15H18N2O3/c1-19-14-4-2-9-17(15(14)18)10-3-11-20-13-7-5-12(16)6-8-13/h2,4-9H,3,10-11,16H2,1H3. The molecule has 0 bridgehead atoms. The molecular weight excluding hydrogens is 256 g/mol. The van der Waals surface area contributed by atoms with Gasteiger partial charge in [0.05, 0.1) is 13.7 Å². The lowest BCUT2D eigenvalue weighted by Gasteiger charge is -2.09. The predicted octanol–water partition coefficient (Wildman–Crippen LogP) is 1.91. The fraction of sp³-hybridized carbons (Fsp3) is 0.267. The van der Waals surface area contributed by atoms with Crippen molar-refractivity contribution >= 4 is 5.69 Å². The summed E-state index contributed by atoms with van der Waals surface area (Å²) in [6.07, 6.45) is 2.48. The molecule has 0 aliphatic carbocycles. The molecule has 0 saturated carbocycles. The van der Waals surface area contributed by atoms with E-state index in [1.807, 2.05) is 12.1 Å². The average molecular weight is 274 g/mol. The van der Waals surface area contributed by atoms with Gasteiger partial charge in [0.2, 0.25) is 0 Å². The summed E-state index contributed by atoms with van der Waals surface area (Å²) in [7, 11) is 1.49. The number of rotatable bonds is 6. The Morgan fingerprint density at radius 1 is 1.20 bits per heavy atom. The lowest BCUT2D eigenvalue weighted by molar-refractivity contribution is 0.300. The number of hydrogen-bond acceptors (Lipinski definition) is 4. The zero-order chi connectivity index (χ0) is 14.4. The van der Waals surface area contributed by atoms with E-state index in [4.69, 9.17) is 15.2 Å². The van der Waals surface area contributed by atoms with Crippen LogP contribution in [-0.4, -0.2) is 18.3 Å². The largest absolute Gasteiger partial charge is 0.494 e. The van der Waals surface area contributed by atoms with Crippen molar-refractivity contribution in [3.05, 3.63) is 52.9 Å². The zero-order valence-electron chi connectivity index (χ0n) is 11.4. The van der Waals surface area contributed by atoms with Gasteiger partial charge in [-0.05, 0) is 42.8 Å². The monoisotopic (exact) mass is 274 g/mol. The molecule has 0 aliphatic heterocycles. The molecule has 1 aromatic carbocycles. The van der Waals surface area contributed by atoms with E-state index in [9.17, 15) is 4.79 Å². The summed E-state index contributed by atoms with van der Waals surface area (Å²) in [4.78, 5) is 11.9. The molecule has 2 N–H and O–H groups in total. The van der Waals surface area contributed by atoms with E-state index in [0.717, 1.165) is 12.2 Å². The van der Waals surface area contributed by atoms with Crippen molar-refractivity contribution in [2.75, 3.05) is 19.5 Å². The molecule has 2 aromatic rings. The third-order valence-corrected chi connectivity index (χ3v) is 2.90. The van der Waals surface area contributed by atoms with Crippen molar-refractivity contribution in [3.63, 3.8) is 0 Å². The molecule has 2 rings (SSSR count). The molecule has 0 aliphatic rings. The van der Waals surface area contributed by atoms with E-state index in [-0.39, 0.29) is 5.56 Å². The van der Waals surface area contributed by atoms with Gasteiger partial charge in [-0.3, -0.25) is 4.79 Å². The molecule has 106 valence electrons. The first-order valence-corrected chi connectivity index (χ1v) is 6.42. The zero-order valence-corrected chi connectivity index (χ0v) is 11.4. The van der Waals surface area contributed by atoms with Gasteiger partial charge in [0, 0.05) is 18.4 Å². The first kappa shape index (κ1) is 14.0. The van der Waals surface area contributed by atoms with Crippen molar-refractivity contribution in [1.29, 1.82) is 0 Å². The predicted molar refractivity (Wildman–Crippen MR) is 78.2 cm³/mol. The second-order valence-corrected chi connectivity index (χ2v) is 4.35. The number of pyridine rings is 1. The Morgan fingerprint density at radius 2 is 1.95 bits per heavy atom. The second kappa shape index (κ2) is 6.65. The van der Waals surface area contributed by atoms with Crippen molar-refractivity contribution in [3.8, 4) is 11.5 Å². The fourth-order valence-corrected chi connectivity index (χ4v) is 1.84. The number of hydrogen-bond donors (Lipinski definition) is 1. The maximum Gasteiger partial charge on any atom is 0.292 e. The van der Waals surface area contributed by atoms with Crippen molar-refractivity contribution < 1.29 is 9.47 Å². The van der Waals surface area contributed by atoms with Crippen LogP contribution in [0.25, 0.3) is 0 Å². The number of aromatic nitrogens is 1. The van der Waals surface area contributed by atoms with E-state index < -0.39 is 0 Å². The Labute approximate surface area is 117 Å². The highest BCUT2D eigenvalue weighted by Crippen LogP contribution is 2.13. The molecular formula is C15H18N2O3. The van der Waals surface area contributed by atoms with E-state index in [1.54, 1.807) is 35.0 Å². The van der Waals surface area contributed by atoms with Crippen LogP contribution in [0.3, 0.4) is 0 Å². The first-order valence-electron chi connectivity index (χ1n) is 6.42. The van der Waals surface area contributed by atoms with Crippen molar-refractivity contribution in [1.82, 2.24) is 4.57 Å². The summed E-state index contributed by atoms with van der Waals surface area (Å²) in [5, 5.41) is 0. The van der Waals surface area contributed by atoms with E-state index in [0.29, 0.717) is 24.6 Å². The molecule has 5 nitrogen and oxygen atoms in total. The Hall–Kier alpha value is -2.43. The number of benzene rings is 1. The van der Waals surface area contributed by atoms with E-state index >= 15 is 0 Å². The number of anilines is 1. The molecule has 5 heteroatoms.